The molecule has 0 saturated heterocycles. The van der Waals surface area contributed by atoms with Gasteiger partial charge in [0, 0.05) is 6.07 Å². The van der Waals surface area contributed by atoms with E-state index in [4.69, 9.17) is 0 Å². The summed E-state index contributed by atoms with van der Waals surface area (Å²) in [6.45, 7) is 13.6. The van der Waals surface area contributed by atoms with Crippen molar-refractivity contribution < 1.29 is 21.8 Å². The van der Waals surface area contributed by atoms with Crippen molar-refractivity contribution in [3.8, 4) is 0 Å². The van der Waals surface area contributed by atoms with Gasteiger partial charge in [-0.3, -0.25) is 0 Å². The number of benzene rings is 3. The molecule has 0 radical (unpaired) electrons. The van der Waals surface area contributed by atoms with Crippen LogP contribution in [0.1, 0.15) is 52.7 Å². The molecule has 0 spiro atoms. The fourth-order valence-corrected chi connectivity index (χ4v) is 4.72. The van der Waals surface area contributed by atoms with Gasteiger partial charge < -0.3 is 4.55 Å². The topological polar surface area (TPSA) is 57.2 Å². The lowest BCUT2D eigenvalue weighted by atomic mass is 9.87. The Morgan fingerprint density at radius 2 is 1.09 bits per heavy atom. The molecule has 0 aliphatic heterocycles. The molecule has 0 fully saturated rings. The van der Waals surface area contributed by atoms with E-state index in [9.17, 15) is 21.8 Å². The van der Waals surface area contributed by atoms with Crippen LogP contribution in [0.15, 0.2) is 71.6 Å². The third-order valence-corrected chi connectivity index (χ3v) is 7.36. The Bertz CT molecular complexity index is 1120. The number of rotatable bonds is 3. The highest BCUT2D eigenvalue weighted by atomic mass is 32.2. The molecular formula is C26H31F2O3PS. The first-order valence-corrected chi connectivity index (χ1v) is 13.1. The monoisotopic (exact) mass is 492 g/mol. The van der Waals surface area contributed by atoms with Crippen molar-refractivity contribution in [2.75, 3.05) is 0 Å². The van der Waals surface area contributed by atoms with Crippen molar-refractivity contribution in [3.05, 3.63) is 89.5 Å². The van der Waals surface area contributed by atoms with E-state index in [0.29, 0.717) is 18.2 Å². The summed E-state index contributed by atoms with van der Waals surface area (Å²) in [5.41, 5.74) is 3.30. The predicted molar refractivity (Wildman–Crippen MR) is 134 cm³/mol. The Morgan fingerprint density at radius 3 is 1.39 bits per heavy atom. The van der Waals surface area contributed by atoms with E-state index >= 15 is 0 Å². The maximum Gasteiger partial charge on any atom is 0.143 e. The van der Waals surface area contributed by atoms with Crippen LogP contribution in [0.3, 0.4) is 0 Å². The van der Waals surface area contributed by atoms with E-state index in [0.717, 1.165) is 0 Å². The second kappa shape index (κ2) is 10.4. The van der Waals surface area contributed by atoms with Gasteiger partial charge in [0.05, 0.1) is 24.1 Å². The van der Waals surface area contributed by atoms with Crippen molar-refractivity contribution in [2.24, 2.45) is 0 Å². The molecule has 33 heavy (non-hydrogen) atoms. The fourth-order valence-electron chi connectivity index (χ4n) is 3.03. The molecule has 0 saturated carbocycles. The lowest BCUT2D eigenvalue weighted by Gasteiger charge is -2.19. The molecular weight excluding hydrogens is 461 g/mol. The van der Waals surface area contributed by atoms with Gasteiger partial charge in [0.15, 0.2) is 0 Å². The van der Waals surface area contributed by atoms with E-state index in [-0.39, 0.29) is 19.4 Å². The van der Waals surface area contributed by atoms with Crippen LogP contribution in [-0.4, -0.2) is 13.0 Å². The molecule has 0 bridgehead atoms. The molecule has 3 aromatic rings. The van der Waals surface area contributed by atoms with Crippen LogP contribution in [0, 0.1) is 11.6 Å². The Hall–Kier alpha value is -2.14. The van der Waals surface area contributed by atoms with Gasteiger partial charge in [-0.25, -0.2) is 17.2 Å². The summed E-state index contributed by atoms with van der Waals surface area (Å²) in [5, 5.41) is 2.93. The summed E-state index contributed by atoms with van der Waals surface area (Å²) in [4.78, 5) is -1.04. The third-order valence-electron chi connectivity index (χ3n) is 5.05. The van der Waals surface area contributed by atoms with Crippen LogP contribution in [0.25, 0.3) is 0 Å². The highest BCUT2D eigenvalue weighted by molar-refractivity contribution is 7.85. The third kappa shape index (κ3) is 8.29. The fraction of sp³-hybridized carbons (Fsp3) is 0.308. The Kier molecular flexibility index (Phi) is 8.56. The normalized spacial score (nSPS) is 12.2. The van der Waals surface area contributed by atoms with Crippen LogP contribution in [-0.2, 0) is 20.9 Å². The average molecular weight is 493 g/mol. The smallest absolute Gasteiger partial charge is 0.143 e. The molecule has 0 aliphatic carbocycles. The zero-order chi connectivity index (χ0) is 25.0. The summed E-state index contributed by atoms with van der Waals surface area (Å²) < 4.78 is 55.5. The summed E-state index contributed by atoms with van der Waals surface area (Å²) in [6, 6.07) is 20.0. The first kappa shape index (κ1) is 27.1. The largest absolute Gasteiger partial charge is 0.744 e. The summed E-state index contributed by atoms with van der Waals surface area (Å²) >= 11 is 0. The summed E-state index contributed by atoms with van der Waals surface area (Å²) in [6.07, 6.45) is 0. The maximum absolute atomic E-state index is 12.5. The van der Waals surface area contributed by atoms with E-state index in [1.54, 1.807) is 0 Å². The Balaban J connectivity index is 0.000000273. The minimum atomic E-state index is -4.84. The van der Waals surface area contributed by atoms with E-state index in [1.807, 2.05) is 0 Å². The zero-order valence-corrected chi connectivity index (χ0v) is 21.8. The highest BCUT2D eigenvalue weighted by Crippen LogP contribution is 2.24. The second-order valence-corrected chi connectivity index (χ2v) is 12.9. The van der Waals surface area contributed by atoms with Crippen molar-refractivity contribution in [3.63, 3.8) is 0 Å². The molecule has 0 atom stereocenters. The van der Waals surface area contributed by atoms with Gasteiger partial charge in [-0.2, -0.15) is 0 Å². The standard InChI is InChI=1S/C20H27P.C6H4F2O3S/c1-19(2,3)15-7-11-17(12-8-15)21-18-13-9-16(10-14-18)20(4,5)6;7-4-1-2-6(5(8)3-4)12(9,10)11/h7-14,21H,1-6H3;1-3H,(H,9,10,11). The van der Waals surface area contributed by atoms with Crippen molar-refractivity contribution in [1.29, 1.82) is 0 Å². The molecule has 3 nitrogen and oxygen atoms in total. The Morgan fingerprint density at radius 1 is 0.697 bits per heavy atom. The van der Waals surface area contributed by atoms with Gasteiger partial charge in [-0.05, 0) is 58.4 Å². The molecule has 0 heterocycles. The Labute approximate surface area is 197 Å². The predicted octanol–water partition coefficient (Wildman–Crippen LogP) is 5.51. The van der Waals surface area contributed by atoms with Crippen LogP contribution in [0.5, 0.6) is 0 Å². The molecule has 7 heteroatoms. The first-order chi connectivity index (χ1) is 15.1. The highest BCUT2D eigenvalue weighted by Gasteiger charge is 2.16. The maximum atomic E-state index is 12.5. The minimum absolute atomic E-state index is 0.191. The summed E-state index contributed by atoms with van der Waals surface area (Å²) in [7, 11) is -4.65. The second-order valence-electron chi connectivity index (χ2n) is 9.92. The lowest BCUT2D eigenvalue weighted by Crippen LogP contribution is -2.13. The lowest BCUT2D eigenvalue weighted by molar-refractivity contribution is 0.453. The van der Waals surface area contributed by atoms with Crippen LogP contribution < -0.4 is 10.6 Å². The summed E-state index contributed by atoms with van der Waals surface area (Å²) in [5.74, 6) is -2.30. The van der Waals surface area contributed by atoms with Gasteiger partial charge in [-0.15, -0.1) is 0 Å². The van der Waals surface area contributed by atoms with E-state index < -0.39 is 26.6 Å². The van der Waals surface area contributed by atoms with Crippen molar-refractivity contribution in [1.82, 2.24) is 0 Å². The molecule has 3 rings (SSSR count). The van der Waals surface area contributed by atoms with Crippen LogP contribution in [0.2, 0.25) is 0 Å². The van der Waals surface area contributed by atoms with Crippen LogP contribution in [0.4, 0.5) is 8.78 Å². The van der Waals surface area contributed by atoms with E-state index in [1.165, 1.54) is 21.7 Å². The molecule has 0 unspecified atom stereocenters. The molecule has 0 aliphatic rings. The van der Waals surface area contributed by atoms with Crippen molar-refractivity contribution >= 4 is 29.3 Å². The molecule has 0 N–H and O–H groups in total. The minimum Gasteiger partial charge on any atom is -0.744 e. The number of halogens is 2. The van der Waals surface area contributed by atoms with Gasteiger partial charge in [0.25, 0.3) is 0 Å². The average Bonchev–Trinajstić information content (AvgIpc) is 2.67. The number of hydrogen-bond acceptors (Lipinski definition) is 3. The van der Waals surface area contributed by atoms with Gasteiger partial charge in [0.2, 0.25) is 0 Å². The van der Waals surface area contributed by atoms with Crippen molar-refractivity contribution in [2.45, 2.75) is 57.3 Å². The molecule has 0 aromatic heterocycles. The van der Waals surface area contributed by atoms with Crippen LogP contribution >= 0.6 is 8.58 Å². The molecule has 0 amide bonds. The quantitative estimate of drug-likeness (QED) is 0.358. The first-order valence-electron chi connectivity index (χ1n) is 10.5. The van der Waals surface area contributed by atoms with Gasteiger partial charge in [-0.1, -0.05) is 65.8 Å². The van der Waals surface area contributed by atoms with E-state index in [2.05, 4.69) is 90.1 Å². The SMILES string of the molecule is CC(C)(C)c1ccc([PH2+]c2ccc(C(C)(C)C)cc2)cc1.O=S(=O)([O-])c1ccc(F)cc1F. The number of hydrogen-bond donors (Lipinski definition) is 0. The zero-order valence-electron chi connectivity index (χ0n) is 19.8. The van der Waals surface area contributed by atoms with Gasteiger partial charge in [0.1, 0.15) is 21.8 Å². The van der Waals surface area contributed by atoms with Gasteiger partial charge >= 0.3 is 0 Å². The molecule has 178 valence electrons. The molecule has 3 aromatic carbocycles.